The van der Waals surface area contributed by atoms with Gasteiger partial charge in [0.25, 0.3) is 12.3 Å². The summed E-state index contributed by atoms with van der Waals surface area (Å²) in [6, 6.07) is 7.13. The molecule has 0 saturated heterocycles. The summed E-state index contributed by atoms with van der Waals surface area (Å²) in [4.78, 5) is 21.9. The van der Waals surface area contributed by atoms with E-state index in [0.717, 1.165) is 29.6 Å². The van der Waals surface area contributed by atoms with Crippen molar-refractivity contribution in [2.75, 3.05) is 18.5 Å². The Kier molecular flexibility index (Phi) is 4.88. The molecule has 3 aromatic heterocycles. The highest BCUT2D eigenvalue weighted by atomic mass is 19.3. The minimum absolute atomic E-state index is 0.0302. The van der Waals surface area contributed by atoms with Crippen molar-refractivity contribution in [3.63, 3.8) is 0 Å². The van der Waals surface area contributed by atoms with Crippen molar-refractivity contribution >= 4 is 28.4 Å². The van der Waals surface area contributed by atoms with Crippen LogP contribution in [-0.4, -0.2) is 39.2 Å². The number of halogens is 2. The number of pyridine rings is 1. The second kappa shape index (κ2) is 7.74. The monoisotopic (exact) mass is 436 g/mol. The Balaban J connectivity index is 1.63. The molecule has 32 heavy (non-hydrogen) atoms. The van der Waals surface area contributed by atoms with E-state index in [9.17, 15) is 13.6 Å². The third-order valence-corrected chi connectivity index (χ3v) is 5.88. The molecular formula is C23H22F2N6O. The average molecular weight is 436 g/mol. The van der Waals surface area contributed by atoms with Crippen molar-refractivity contribution < 1.29 is 13.6 Å². The molecule has 0 fully saturated rings. The van der Waals surface area contributed by atoms with Crippen LogP contribution in [-0.2, 0) is 13.5 Å². The molecular weight excluding hydrogens is 414 g/mol. The zero-order chi connectivity index (χ0) is 22.4. The number of aromatic nitrogens is 4. The van der Waals surface area contributed by atoms with E-state index in [1.54, 1.807) is 43.4 Å². The second-order valence-electron chi connectivity index (χ2n) is 7.87. The average Bonchev–Trinajstić information content (AvgIpc) is 3.43. The van der Waals surface area contributed by atoms with Gasteiger partial charge in [-0.1, -0.05) is 0 Å². The smallest absolute Gasteiger partial charge is 0.264 e. The van der Waals surface area contributed by atoms with Crippen LogP contribution in [0.25, 0.3) is 22.2 Å². The van der Waals surface area contributed by atoms with E-state index in [0.29, 0.717) is 34.6 Å². The Labute approximate surface area is 183 Å². The van der Waals surface area contributed by atoms with Gasteiger partial charge in [-0.05, 0) is 48.2 Å². The molecule has 4 aromatic rings. The van der Waals surface area contributed by atoms with Crippen molar-refractivity contribution in [1.82, 2.24) is 25.1 Å². The van der Waals surface area contributed by atoms with Crippen molar-refractivity contribution in [3.05, 3.63) is 59.5 Å². The first-order valence-corrected chi connectivity index (χ1v) is 10.4. The van der Waals surface area contributed by atoms with Gasteiger partial charge in [0.1, 0.15) is 11.3 Å². The van der Waals surface area contributed by atoms with Crippen LogP contribution in [0, 0.1) is 0 Å². The Morgan fingerprint density at radius 3 is 2.84 bits per heavy atom. The number of aryl methyl sites for hydroxylation is 2. The van der Waals surface area contributed by atoms with Crippen LogP contribution in [0.4, 0.5) is 20.3 Å². The van der Waals surface area contributed by atoms with Crippen LogP contribution in [0.15, 0.2) is 42.9 Å². The van der Waals surface area contributed by atoms with E-state index < -0.39 is 6.43 Å². The van der Waals surface area contributed by atoms with Crippen molar-refractivity contribution in [2.45, 2.75) is 19.3 Å². The summed E-state index contributed by atoms with van der Waals surface area (Å²) < 4.78 is 29.7. The summed E-state index contributed by atoms with van der Waals surface area (Å²) in [7, 11) is 3.33. The quantitative estimate of drug-likeness (QED) is 0.499. The number of aromatic amines is 1. The van der Waals surface area contributed by atoms with Gasteiger partial charge in [-0.3, -0.25) is 9.48 Å². The Hall–Kier alpha value is -3.75. The number of carbonyl (C=O) groups excluding carboxylic acids is 1. The first-order valence-electron chi connectivity index (χ1n) is 10.4. The maximum Gasteiger partial charge on any atom is 0.264 e. The van der Waals surface area contributed by atoms with Gasteiger partial charge in [0.15, 0.2) is 0 Å². The van der Waals surface area contributed by atoms with Crippen LogP contribution >= 0.6 is 0 Å². The zero-order valence-electron chi connectivity index (χ0n) is 17.7. The molecule has 0 unspecified atom stereocenters. The van der Waals surface area contributed by atoms with Gasteiger partial charge in [-0.2, -0.15) is 5.10 Å². The molecule has 2 N–H and O–H groups in total. The molecule has 1 aliphatic heterocycles. The lowest BCUT2D eigenvalue weighted by atomic mass is 9.93. The maximum absolute atomic E-state index is 14.1. The summed E-state index contributed by atoms with van der Waals surface area (Å²) in [5.41, 5.74) is 4.60. The summed E-state index contributed by atoms with van der Waals surface area (Å²) in [5, 5.41) is 6.75. The summed E-state index contributed by atoms with van der Waals surface area (Å²) in [5.74, 6) is 0.388. The lowest BCUT2D eigenvalue weighted by molar-refractivity contribution is 0.0964. The molecule has 5 rings (SSSR count). The van der Waals surface area contributed by atoms with E-state index >= 15 is 0 Å². The third-order valence-electron chi connectivity index (χ3n) is 5.88. The van der Waals surface area contributed by atoms with E-state index in [4.69, 9.17) is 4.98 Å². The number of alkyl halides is 2. The highest BCUT2D eigenvalue weighted by Gasteiger charge is 2.26. The Morgan fingerprint density at radius 2 is 2.12 bits per heavy atom. The number of hydrogen-bond donors (Lipinski definition) is 2. The van der Waals surface area contributed by atoms with Crippen LogP contribution in [0.3, 0.4) is 0 Å². The van der Waals surface area contributed by atoms with Crippen LogP contribution in [0.2, 0.25) is 0 Å². The van der Waals surface area contributed by atoms with Crippen molar-refractivity contribution in [2.24, 2.45) is 7.05 Å². The molecule has 164 valence electrons. The summed E-state index contributed by atoms with van der Waals surface area (Å²) >= 11 is 0. The Bertz CT molecular complexity index is 1330. The van der Waals surface area contributed by atoms with Gasteiger partial charge in [0.2, 0.25) is 0 Å². The first-order chi connectivity index (χ1) is 15.5. The molecule has 1 aliphatic rings. The number of hydrogen-bond acceptors (Lipinski definition) is 4. The number of benzene rings is 1. The number of amides is 1. The number of nitrogens with one attached hydrogen (secondary N) is 2. The molecule has 7 nitrogen and oxygen atoms in total. The fraction of sp³-hybridized carbons (Fsp3) is 0.261. The predicted molar refractivity (Wildman–Crippen MR) is 118 cm³/mol. The number of nitrogens with zero attached hydrogens (tertiary/aromatic N) is 4. The lowest BCUT2D eigenvalue weighted by Gasteiger charge is -2.31. The van der Waals surface area contributed by atoms with E-state index in [2.05, 4.69) is 15.4 Å². The fourth-order valence-electron chi connectivity index (χ4n) is 4.32. The van der Waals surface area contributed by atoms with Gasteiger partial charge in [0.05, 0.1) is 17.3 Å². The predicted octanol–water partition coefficient (Wildman–Crippen LogP) is 4.34. The minimum atomic E-state index is -2.63. The molecule has 0 bridgehead atoms. The number of rotatable bonds is 4. The molecule has 0 atom stereocenters. The molecule has 9 heteroatoms. The largest absolute Gasteiger partial charge is 0.359 e. The fourth-order valence-corrected chi connectivity index (χ4v) is 4.32. The van der Waals surface area contributed by atoms with E-state index in [1.807, 2.05) is 23.1 Å². The second-order valence-corrected chi connectivity index (χ2v) is 7.87. The van der Waals surface area contributed by atoms with Gasteiger partial charge < -0.3 is 15.2 Å². The first kappa shape index (κ1) is 20.2. The number of carbonyl (C=O) groups is 1. The molecule has 0 radical (unpaired) electrons. The van der Waals surface area contributed by atoms with Gasteiger partial charge >= 0.3 is 0 Å². The molecule has 4 heterocycles. The standard InChI is InChI=1S/C23H22F2N6O/c1-26-23(32)17-11-27-18-5-6-20(29-21(17)18)31-7-3-4-13-8-15(14-10-28-30(2)12-14)16(22(24)25)9-19(13)31/h5-6,8-12,22,27H,3-4,7H2,1-2H3,(H,26,32). The normalized spacial score (nSPS) is 13.6. The minimum Gasteiger partial charge on any atom is -0.359 e. The number of H-pyrrole nitrogens is 1. The summed E-state index contributed by atoms with van der Waals surface area (Å²) in [6.45, 7) is 0.653. The Morgan fingerprint density at radius 1 is 1.28 bits per heavy atom. The SMILES string of the molecule is CNC(=O)c1c[nH]c2ccc(N3CCCc4cc(-c5cnn(C)c5)c(C(F)F)cc43)nc12. The van der Waals surface area contributed by atoms with Crippen LogP contribution < -0.4 is 10.2 Å². The van der Waals surface area contributed by atoms with E-state index in [1.165, 1.54) is 0 Å². The highest BCUT2D eigenvalue weighted by Crippen LogP contribution is 2.41. The zero-order valence-corrected chi connectivity index (χ0v) is 17.7. The third kappa shape index (κ3) is 3.30. The summed E-state index contributed by atoms with van der Waals surface area (Å²) in [6.07, 6.45) is 4.01. The number of fused-ring (bicyclic) bond motifs is 2. The molecule has 1 amide bonds. The topological polar surface area (TPSA) is 78.8 Å². The molecule has 0 aliphatic carbocycles. The van der Waals surface area contributed by atoms with Crippen molar-refractivity contribution in [3.8, 4) is 11.1 Å². The number of anilines is 2. The molecule has 1 aromatic carbocycles. The molecule has 0 saturated carbocycles. The van der Waals surface area contributed by atoms with Crippen LogP contribution in [0.1, 0.15) is 34.3 Å². The van der Waals surface area contributed by atoms with Gasteiger partial charge in [0, 0.05) is 49.8 Å². The van der Waals surface area contributed by atoms with Crippen molar-refractivity contribution in [1.29, 1.82) is 0 Å². The molecule has 0 spiro atoms. The van der Waals surface area contributed by atoms with Gasteiger partial charge in [-0.15, -0.1) is 0 Å². The highest BCUT2D eigenvalue weighted by molar-refractivity contribution is 6.05. The lowest BCUT2D eigenvalue weighted by Crippen LogP contribution is -2.26. The van der Waals surface area contributed by atoms with Crippen LogP contribution in [0.5, 0.6) is 0 Å². The van der Waals surface area contributed by atoms with E-state index in [-0.39, 0.29) is 11.5 Å². The maximum atomic E-state index is 14.1. The van der Waals surface area contributed by atoms with Gasteiger partial charge in [-0.25, -0.2) is 13.8 Å².